The maximum absolute atomic E-state index is 5.12. The molecule has 0 aliphatic heterocycles. The number of para-hydroxylation sites is 2. The standard InChI is InChI=1S/C11H13N.C8H11N.C8H6O.C7H10S.C6H10N2.C6H9NS.C5H5N.C4H5N.4C4H10.C3H4N2.2CH4/c1-9(2)12-8-7-10-5-3-4-6-11(10)12;1-7(2)8-5-3-4-6-9-8;1-2-4-8-7(3-1)5-6-9-8;1-6(2)7-4-3-5-8-7;1-6(2)8-4-3-7-5-8;1-5(2)6-7-3-4-8-6;1-2-4-6-5-3-1;1-2-4-5-3-1;4*1-4(2)3;1-2-5-3-4-1;;/h3-9H,1-2H3;3-7H,1-2H3;1-6H;2*3-6H,1-2H3;3-5H,1-2H3;1-5H;1-5H;4*4H,1-3H3;1-3H,(H,4,5);2*1H4. The molecule has 10 nitrogen and oxygen atoms in total. The van der Waals surface area contributed by atoms with E-state index in [0.29, 0.717) is 29.8 Å². The van der Waals surface area contributed by atoms with Gasteiger partial charge in [0.25, 0.3) is 0 Å². The highest BCUT2D eigenvalue weighted by atomic mass is 32.1. The molecular formula is C76H121N9OS2. The van der Waals surface area contributed by atoms with E-state index in [-0.39, 0.29) is 14.9 Å². The van der Waals surface area contributed by atoms with Crippen molar-refractivity contribution in [1.82, 2.24) is 44.0 Å². The maximum atomic E-state index is 5.12. The number of H-pyrrole nitrogens is 2. The minimum Gasteiger partial charge on any atom is -0.464 e. The predicted octanol–water partition coefficient (Wildman–Crippen LogP) is 24.9. The van der Waals surface area contributed by atoms with Crippen LogP contribution in [0.15, 0.2) is 224 Å². The second-order valence-electron chi connectivity index (χ2n) is 23.6. The lowest BCUT2D eigenvalue weighted by molar-refractivity contribution is 0.600. The van der Waals surface area contributed by atoms with E-state index >= 15 is 0 Å². The van der Waals surface area contributed by atoms with E-state index in [1.807, 2.05) is 133 Å². The zero-order chi connectivity index (χ0) is 64.9. The number of aromatic nitrogens is 9. The summed E-state index contributed by atoms with van der Waals surface area (Å²) in [6.45, 7) is 47.7. The molecule has 0 bridgehead atoms. The molecule has 9 heterocycles. The molecule has 0 amide bonds. The van der Waals surface area contributed by atoms with Crippen LogP contribution < -0.4 is 0 Å². The number of thiophene rings is 1. The number of rotatable bonds is 5. The Morgan fingerprint density at radius 3 is 1.30 bits per heavy atom. The lowest BCUT2D eigenvalue weighted by Crippen LogP contribution is -1.97. The van der Waals surface area contributed by atoms with E-state index in [1.165, 1.54) is 20.8 Å². The van der Waals surface area contributed by atoms with E-state index in [9.17, 15) is 0 Å². The molecule has 0 aliphatic carbocycles. The first-order chi connectivity index (χ1) is 40.9. The third kappa shape index (κ3) is 53.1. The van der Waals surface area contributed by atoms with Crippen LogP contribution in [0, 0.1) is 23.7 Å². The first kappa shape index (κ1) is 87.3. The summed E-state index contributed by atoms with van der Waals surface area (Å²) < 4.78 is 9.46. The number of pyridine rings is 2. The number of benzene rings is 2. The average Bonchev–Trinajstić information content (AvgIpc) is 4.40. The molecule has 0 aliphatic rings. The van der Waals surface area contributed by atoms with E-state index in [4.69, 9.17) is 4.42 Å². The molecule has 488 valence electrons. The number of furan rings is 1. The van der Waals surface area contributed by atoms with Crippen molar-refractivity contribution < 1.29 is 4.42 Å². The van der Waals surface area contributed by atoms with E-state index in [0.717, 1.165) is 40.3 Å². The quantitative estimate of drug-likeness (QED) is 0.177. The molecule has 11 rings (SSSR count). The van der Waals surface area contributed by atoms with Crippen LogP contribution in [-0.4, -0.2) is 44.0 Å². The van der Waals surface area contributed by atoms with Gasteiger partial charge in [-0.1, -0.05) is 194 Å². The molecular weight excluding hydrogens is 1120 g/mol. The minimum atomic E-state index is 0. The molecule has 0 unspecified atom stereocenters. The van der Waals surface area contributed by atoms with Crippen molar-refractivity contribution in [2.45, 2.75) is 197 Å². The monoisotopic (exact) mass is 1240 g/mol. The van der Waals surface area contributed by atoms with Crippen molar-refractivity contribution in [1.29, 1.82) is 0 Å². The van der Waals surface area contributed by atoms with Gasteiger partial charge in [0, 0.05) is 113 Å². The molecule has 0 fully saturated rings. The van der Waals surface area contributed by atoms with Gasteiger partial charge in [-0.25, -0.2) is 15.0 Å². The van der Waals surface area contributed by atoms with Gasteiger partial charge in [0.2, 0.25) is 0 Å². The number of imidazole rings is 2. The Morgan fingerprint density at radius 2 is 0.977 bits per heavy atom. The number of nitrogens with one attached hydrogen (secondary N) is 2. The van der Waals surface area contributed by atoms with Crippen LogP contribution in [0.25, 0.3) is 21.9 Å². The smallest absolute Gasteiger partial charge is 0.133 e. The number of hydrogen-bond donors (Lipinski definition) is 2. The molecule has 0 atom stereocenters. The van der Waals surface area contributed by atoms with Gasteiger partial charge in [-0.15, -0.1) is 22.7 Å². The molecule has 0 spiro atoms. The van der Waals surface area contributed by atoms with Crippen LogP contribution in [0.1, 0.15) is 213 Å². The van der Waals surface area contributed by atoms with E-state index < -0.39 is 0 Å². The third-order valence-corrected chi connectivity index (χ3v) is 11.7. The SMILES string of the molecule is C.C.CC(C)C.CC(C)C.CC(C)C.CC(C)C.CC(C)c1ccccn1.CC(C)c1cccs1.CC(C)c1nccs1.CC(C)n1ccc2ccccc21.CC(C)n1ccnc1.c1c[nH]cn1.c1cc[nH]c1.c1ccc2occc2c1.c1ccncc1. The molecule has 2 N–H and O–H groups in total. The largest absolute Gasteiger partial charge is 0.464 e. The summed E-state index contributed by atoms with van der Waals surface area (Å²) in [5, 5.41) is 7.85. The summed E-state index contributed by atoms with van der Waals surface area (Å²) in [4.78, 5) is 26.8. The summed E-state index contributed by atoms with van der Waals surface area (Å²) in [6, 6.07) is 41.5. The molecule has 88 heavy (non-hydrogen) atoms. The predicted molar refractivity (Wildman–Crippen MR) is 393 cm³/mol. The molecule has 2 aromatic carbocycles. The van der Waals surface area contributed by atoms with Gasteiger partial charge in [0.1, 0.15) is 5.58 Å². The second-order valence-corrected chi connectivity index (χ2v) is 25.5. The maximum Gasteiger partial charge on any atom is 0.133 e. The molecule has 11 aromatic rings. The van der Waals surface area contributed by atoms with Gasteiger partial charge in [-0.3, -0.25) is 9.97 Å². The normalized spacial score (nSPS) is 9.53. The zero-order valence-corrected chi connectivity index (χ0v) is 58.5. The number of thiazole rings is 1. The van der Waals surface area contributed by atoms with Gasteiger partial charge < -0.3 is 23.5 Å². The summed E-state index contributed by atoms with van der Waals surface area (Å²) in [7, 11) is 0. The van der Waals surface area contributed by atoms with E-state index in [2.05, 4.69) is 250 Å². The zero-order valence-electron chi connectivity index (χ0n) is 56.8. The van der Waals surface area contributed by atoms with Gasteiger partial charge in [0.15, 0.2) is 0 Å². The molecule has 9 aromatic heterocycles. The van der Waals surface area contributed by atoms with Gasteiger partial charge in [-0.2, -0.15) is 0 Å². The van der Waals surface area contributed by atoms with Gasteiger partial charge in [-0.05, 0) is 141 Å². The Balaban J connectivity index is -0.000000440. The van der Waals surface area contributed by atoms with E-state index in [1.54, 1.807) is 54.9 Å². The van der Waals surface area contributed by atoms with Crippen molar-refractivity contribution in [3.8, 4) is 0 Å². The average molecular weight is 1240 g/mol. The lowest BCUT2D eigenvalue weighted by Gasteiger charge is -2.08. The molecule has 0 saturated carbocycles. The second kappa shape index (κ2) is 57.6. The molecule has 12 heteroatoms. The number of nitrogens with zero attached hydrogens (tertiary/aromatic N) is 7. The van der Waals surface area contributed by atoms with Crippen molar-refractivity contribution in [2.24, 2.45) is 23.7 Å². The fraction of sp³-hybridized carbons (Fsp3) is 0.434. The Morgan fingerprint density at radius 1 is 0.409 bits per heavy atom. The molecule has 0 radical (unpaired) electrons. The van der Waals surface area contributed by atoms with Crippen molar-refractivity contribution in [2.75, 3.05) is 0 Å². The van der Waals surface area contributed by atoms with Crippen molar-refractivity contribution in [3.63, 3.8) is 0 Å². The van der Waals surface area contributed by atoms with Crippen molar-refractivity contribution in [3.05, 3.63) is 235 Å². The number of fused-ring (bicyclic) bond motifs is 2. The summed E-state index contributed by atoms with van der Waals surface area (Å²) >= 11 is 3.55. The van der Waals surface area contributed by atoms with Crippen LogP contribution in [-0.2, 0) is 0 Å². The third-order valence-electron chi connectivity index (χ3n) is 9.47. The number of aromatic amines is 2. The fourth-order valence-corrected chi connectivity index (χ4v) is 7.10. The van der Waals surface area contributed by atoms with Gasteiger partial charge >= 0.3 is 0 Å². The highest BCUT2D eigenvalue weighted by Gasteiger charge is 2.02. The topological polar surface area (TPSA) is 119 Å². The Hall–Kier alpha value is -7.15. The Kier molecular flexibility index (Phi) is 57.1. The summed E-state index contributed by atoms with van der Waals surface area (Å²) in [5.74, 6) is 5.18. The number of hydrogen-bond acceptors (Lipinski definition) is 8. The highest BCUT2D eigenvalue weighted by Crippen LogP contribution is 2.20. The first-order valence-electron chi connectivity index (χ1n) is 30.5. The summed E-state index contributed by atoms with van der Waals surface area (Å²) in [5.41, 5.74) is 3.45. The van der Waals surface area contributed by atoms with Gasteiger partial charge in [0.05, 0.1) is 23.9 Å². The van der Waals surface area contributed by atoms with Crippen LogP contribution in [0.3, 0.4) is 0 Å². The highest BCUT2D eigenvalue weighted by molar-refractivity contribution is 7.10. The van der Waals surface area contributed by atoms with Crippen LogP contribution in [0.4, 0.5) is 0 Å². The van der Waals surface area contributed by atoms with Crippen molar-refractivity contribution >= 4 is 44.5 Å². The van der Waals surface area contributed by atoms with Crippen LogP contribution >= 0.6 is 22.7 Å². The van der Waals surface area contributed by atoms with Crippen LogP contribution in [0.2, 0.25) is 0 Å². The Labute approximate surface area is 545 Å². The lowest BCUT2D eigenvalue weighted by atomic mass is 10.1. The minimum absolute atomic E-state index is 0. The molecule has 0 saturated heterocycles. The first-order valence-corrected chi connectivity index (χ1v) is 32.3. The summed E-state index contributed by atoms with van der Waals surface area (Å²) in [6.07, 6.45) is 25.4. The fourth-order valence-electron chi connectivity index (χ4n) is 5.70. The Bertz CT molecular complexity index is 2710. The van der Waals surface area contributed by atoms with Crippen LogP contribution in [0.5, 0.6) is 0 Å².